The summed E-state index contributed by atoms with van der Waals surface area (Å²) in [6.07, 6.45) is 5.66. The van der Waals surface area contributed by atoms with E-state index in [4.69, 9.17) is 0 Å². The molecule has 25 heavy (non-hydrogen) atoms. The molecule has 7 nitrogen and oxygen atoms in total. The highest BCUT2D eigenvalue weighted by molar-refractivity contribution is 5.81. The molecule has 3 heterocycles. The van der Waals surface area contributed by atoms with Crippen molar-refractivity contribution in [2.75, 3.05) is 13.1 Å². The minimum absolute atomic E-state index is 0.0182. The van der Waals surface area contributed by atoms with E-state index < -0.39 is 0 Å². The number of rotatable bonds is 3. The quantitative estimate of drug-likeness (QED) is 0.724. The fourth-order valence-electron chi connectivity index (χ4n) is 3.65. The summed E-state index contributed by atoms with van der Waals surface area (Å²) in [5.74, 6) is -0.0182. The van der Waals surface area contributed by atoms with Crippen molar-refractivity contribution >= 4 is 16.9 Å². The summed E-state index contributed by atoms with van der Waals surface area (Å²) in [6, 6.07) is 9.66. The first-order chi connectivity index (χ1) is 12.1. The maximum absolute atomic E-state index is 12.8. The van der Waals surface area contributed by atoms with Crippen LogP contribution in [0.15, 0.2) is 47.5 Å². The summed E-state index contributed by atoms with van der Waals surface area (Å²) >= 11 is 0. The van der Waals surface area contributed by atoms with Crippen LogP contribution in [0.3, 0.4) is 0 Å². The number of imidazole rings is 1. The fourth-order valence-corrected chi connectivity index (χ4v) is 3.65. The van der Waals surface area contributed by atoms with Crippen molar-refractivity contribution in [2.45, 2.75) is 25.4 Å². The van der Waals surface area contributed by atoms with Gasteiger partial charge in [0, 0.05) is 32.5 Å². The Labute approximate surface area is 145 Å². The maximum Gasteiger partial charge on any atom is 0.329 e. The molecule has 0 saturated carbocycles. The number of aryl methyl sites for hydroxylation is 1. The van der Waals surface area contributed by atoms with Crippen molar-refractivity contribution in [2.24, 2.45) is 7.05 Å². The molecule has 4 rings (SSSR count). The summed E-state index contributed by atoms with van der Waals surface area (Å²) in [7, 11) is 1.74. The summed E-state index contributed by atoms with van der Waals surface area (Å²) in [5.41, 5.74) is 1.48. The smallest absolute Gasteiger partial charge is 0.329 e. The molecule has 2 aromatic heterocycles. The number of nitrogens with zero attached hydrogens (tertiary/aromatic N) is 5. The molecule has 0 radical (unpaired) electrons. The van der Waals surface area contributed by atoms with E-state index >= 15 is 0 Å². The lowest BCUT2D eigenvalue weighted by atomic mass is 10.1. The van der Waals surface area contributed by atoms with Crippen molar-refractivity contribution in [1.82, 2.24) is 23.8 Å². The summed E-state index contributed by atoms with van der Waals surface area (Å²) in [4.78, 5) is 27.2. The third kappa shape index (κ3) is 2.75. The number of hydrogen-bond donors (Lipinski definition) is 0. The standard InChI is InChI=1S/C18H21N5O2/c1-20-15-7-2-3-8-16(15)22(18(20)25)13-17(24)21-10-4-6-14(12-21)23-11-5-9-19-23/h2-3,5,7-9,11,14H,4,6,10,12-13H2,1H3/t14-/m1/s1. The second-order valence-corrected chi connectivity index (χ2v) is 6.54. The molecule has 130 valence electrons. The van der Waals surface area contributed by atoms with Crippen molar-refractivity contribution in [3.8, 4) is 0 Å². The summed E-state index contributed by atoms with van der Waals surface area (Å²) < 4.78 is 5.07. The molecule has 1 saturated heterocycles. The Kier molecular flexibility index (Phi) is 3.91. The van der Waals surface area contributed by atoms with Gasteiger partial charge >= 0.3 is 5.69 Å². The number of carbonyl (C=O) groups is 1. The molecule has 0 N–H and O–H groups in total. The van der Waals surface area contributed by atoms with Gasteiger partial charge in [0.05, 0.1) is 17.1 Å². The largest absolute Gasteiger partial charge is 0.339 e. The molecule has 1 atom stereocenters. The lowest BCUT2D eigenvalue weighted by Gasteiger charge is -2.33. The summed E-state index contributed by atoms with van der Waals surface area (Å²) in [5, 5.41) is 4.30. The normalized spacial score (nSPS) is 18.0. The van der Waals surface area contributed by atoms with Crippen LogP contribution in [0.25, 0.3) is 11.0 Å². The van der Waals surface area contributed by atoms with Crippen molar-refractivity contribution in [3.05, 3.63) is 53.2 Å². The van der Waals surface area contributed by atoms with E-state index in [-0.39, 0.29) is 24.2 Å². The maximum atomic E-state index is 12.8. The molecule has 7 heteroatoms. The molecule has 1 aliphatic heterocycles. The van der Waals surface area contributed by atoms with Crippen LogP contribution in [0.4, 0.5) is 0 Å². The number of para-hydroxylation sites is 2. The molecule has 3 aromatic rings. The monoisotopic (exact) mass is 339 g/mol. The predicted octanol–water partition coefficient (Wildman–Crippen LogP) is 1.40. The lowest BCUT2D eigenvalue weighted by Crippen LogP contribution is -2.43. The first-order valence-corrected chi connectivity index (χ1v) is 8.56. The Morgan fingerprint density at radius 1 is 1.24 bits per heavy atom. The highest BCUT2D eigenvalue weighted by Crippen LogP contribution is 2.21. The first-order valence-electron chi connectivity index (χ1n) is 8.56. The Balaban J connectivity index is 1.56. The van der Waals surface area contributed by atoms with E-state index in [1.165, 1.54) is 0 Å². The van der Waals surface area contributed by atoms with Crippen LogP contribution in [0.2, 0.25) is 0 Å². The van der Waals surface area contributed by atoms with Gasteiger partial charge < -0.3 is 4.90 Å². The number of hydrogen-bond acceptors (Lipinski definition) is 3. The zero-order chi connectivity index (χ0) is 17.4. The number of carbonyl (C=O) groups excluding carboxylic acids is 1. The van der Waals surface area contributed by atoms with Gasteiger partial charge in [-0.2, -0.15) is 5.10 Å². The van der Waals surface area contributed by atoms with Gasteiger partial charge in [0.15, 0.2) is 0 Å². The Hall–Kier alpha value is -2.83. The molecule has 1 fully saturated rings. The van der Waals surface area contributed by atoms with Crippen molar-refractivity contribution < 1.29 is 4.79 Å². The summed E-state index contributed by atoms with van der Waals surface area (Å²) in [6.45, 7) is 1.45. The SMILES string of the molecule is Cn1c(=O)n(CC(=O)N2CCC[C@@H](n3cccn3)C2)c2ccccc21. The molecular weight excluding hydrogens is 318 g/mol. The third-order valence-electron chi connectivity index (χ3n) is 4.99. The Morgan fingerprint density at radius 3 is 2.80 bits per heavy atom. The second-order valence-electron chi connectivity index (χ2n) is 6.54. The fraction of sp³-hybridized carbons (Fsp3) is 0.389. The number of aromatic nitrogens is 4. The van der Waals surface area contributed by atoms with Crippen LogP contribution in [0.1, 0.15) is 18.9 Å². The number of piperidine rings is 1. The van der Waals surface area contributed by atoms with Crippen LogP contribution in [0, 0.1) is 0 Å². The molecular formula is C18H21N5O2. The Bertz CT molecular complexity index is 954. The molecule has 1 aromatic carbocycles. The topological polar surface area (TPSA) is 65.1 Å². The van der Waals surface area contributed by atoms with E-state index in [2.05, 4.69) is 5.10 Å². The highest BCUT2D eigenvalue weighted by atomic mass is 16.2. The van der Waals surface area contributed by atoms with E-state index in [1.54, 1.807) is 22.4 Å². The van der Waals surface area contributed by atoms with Gasteiger partial charge in [-0.3, -0.25) is 18.6 Å². The van der Waals surface area contributed by atoms with Crippen LogP contribution in [0.5, 0.6) is 0 Å². The van der Waals surface area contributed by atoms with E-state index in [0.717, 1.165) is 30.4 Å². The minimum atomic E-state index is -0.157. The van der Waals surface area contributed by atoms with Gasteiger partial charge in [-0.15, -0.1) is 0 Å². The zero-order valence-electron chi connectivity index (χ0n) is 14.2. The zero-order valence-corrected chi connectivity index (χ0v) is 14.2. The van der Waals surface area contributed by atoms with Gasteiger partial charge in [-0.05, 0) is 31.0 Å². The highest BCUT2D eigenvalue weighted by Gasteiger charge is 2.26. The van der Waals surface area contributed by atoms with E-state index in [0.29, 0.717) is 6.54 Å². The van der Waals surface area contributed by atoms with Crippen molar-refractivity contribution in [3.63, 3.8) is 0 Å². The number of benzene rings is 1. The van der Waals surface area contributed by atoms with Crippen LogP contribution >= 0.6 is 0 Å². The molecule has 1 aliphatic rings. The second kappa shape index (κ2) is 6.23. The van der Waals surface area contributed by atoms with Gasteiger partial charge in [0.25, 0.3) is 0 Å². The third-order valence-corrected chi connectivity index (χ3v) is 4.99. The molecule has 1 amide bonds. The van der Waals surface area contributed by atoms with Gasteiger partial charge in [0.1, 0.15) is 6.54 Å². The first kappa shape index (κ1) is 15.7. The van der Waals surface area contributed by atoms with Crippen LogP contribution < -0.4 is 5.69 Å². The van der Waals surface area contributed by atoms with Crippen LogP contribution in [-0.2, 0) is 18.4 Å². The average Bonchev–Trinajstić information content (AvgIpc) is 3.26. The van der Waals surface area contributed by atoms with Gasteiger partial charge in [0.2, 0.25) is 5.91 Å². The van der Waals surface area contributed by atoms with Gasteiger partial charge in [-0.25, -0.2) is 4.79 Å². The molecule has 0 spiro atoms. The van der Waals surface area contributed by atoms with E-state index in [9.17, 15) is 9.59 Å². The van der Waals surface area contributed by atoms with Gasteiger partial charge in [-0.1, -0.05) is 12.1 Å². The lowest BCUT2D eigenvalue weighted by molar-refractivity contribution is -0.133. The number of likely N-dealkylation sites (tertiary alicyclic amines) is 1. The Morgan fingerprint density at radius 2 is 2.04 bits per heavy atom. The van der Waals surface area contributed by atoms with E-state index in [1.807, 2.05) is 46.1 Å². The molecule has 0 unspecified atom stereocenters. The average molecular weight is 339 g/mol. The number of amides is 1. The molecule has 0 aliphatic carbocycles. The number of fused-ring (bicyclic) bond motifs is 1. The molecule has 0 bridgehead atoms. The predicted molar refractivity (Wildman–Crippen MR) is 94.3 cm³/mol. The minimum Gasteiger partial charge on any atom is -0.339 e. The van der Waals surface area contributed by atoms with Crippen molar-refractivity contribution in [1.29, 1.82) is 0 Å². The van der Waals surface area contributed by atoms with Crippen LogP contribution in [-0.4, -0.2) is 42.8 Å².